The molecule has 8 nitrogen and oxygen atoms in total. The number of alkyl halides is 3. The molecular formula is C26H23ClF5N5O3Si. The van der Waals surface area contributed by atoms with Crippen LogP contribution in [0.3, 0.4) is 0 Å². The van der Waals surface area contributed by atoms with Crippen LogP contribution in [0.25, 0.3) is 10.9 Å². The summed E-state index contributed by atoms with van der Waals surface area (Å²) in [7, 11) is -2.91. The molecule has 1 aromatic heterocycles. The number of H-pyrrole nitrogens is 1. The summed E-state index contributed by atoms with van der Waals surface area (Å²) >= 11 is 6.18. The molecule has 2 heterocycles. The minimum absolute atomic E-state index is 0.0276. The summed E-state index contributed by atoms with van der Waals surface area (Å²) in [6.07, 6.45) is -4.99. The average Bonchev–Trinajstić information content (AvgIpc) is 3.40. The van der Waals surface area contributed by atoms with E-state index in [1.807, 2.05) is 0 Å². The molecule has 4 aromatic rings. The van der Waals surface area contributed by atoms with Gasteiger partial charge in [0.15, 0.2) is 25.5 Å². The number of amides is 2. The Labute approximate surface area is 236 Å². The number of carbonyl (C=O) groups is 1. The molecule has 1 atom stereocenters. The van der Waals surface area contributed by atoms with Crippen LogP contribution in [0.5, 0.6) is 11.5 Å². The zero-order valence-corrected chi connectivity index (χ0v) is 23.5. The Morgan fingerprint density at radius 3 is 2.49 bits per heavy atom. The van der Waals surface area contributed by atoms with Gasteiger partial charge in [-0.25, -0.2) is 13.6 Å². The second kappa shape index (κ2) is 9.89. The number of hydrogen-bond acceptors (Lipinski definition) is 5. The van der Waals surface area contributed by atoms with Crippen LogP contribution in [-0.2, 0) is 10.0 Å². The number of nitrogens with two attached hydrogens (primary N) is 1. The maximum Gasteiger partial charge on any atom is 0.422 e. The molecule has 0 bridgehead atoms. The fraction of sp³-hybridized carbons (Fsp3) is 0.231. The highest BCUT2D eigenvalue weighted by atomic mass is 35.5. The van der Waals surface area contributed by atoms with Gasteiger partial charge in [0, 0.05) is 11.6 Å². The van der Waals surface area contributed by atoms with Crippen molar-refractivity contribution in [2.75, 3.05) is 22.5 Å². The summed E-state index contributed by atoms with van der Waals surface area (Å²) in [5.41, 5.74) is 2.72. The smallest absolute Gasteiger partial charge is 0.422 e. The van der Waals surface area contributed by atoms with E-state index in [2.05, 4.69) is 15.5 Å². The number of hydrogen-bond donors (Lipinski definition) is 3. The Kier molecular flexibility index (Phi) is 6.91. The average molecular weight is 612 g/mol. The molecule has 0 aliphatic carbocycles. The van der Waals surface area contributed by atoms with Crippen LogP contribution >= 0.6 is 11.6 Å². The molecule has 1 aliphatic heterocycles. The number of anilines is 3. The number of nitrogens with one attached hydrogen (secondary N) is 2. The van der Waals surface area contributed by atoms with Gasteiger partial charge >= 0.3 is 12.2 Å². The van der Waals surface area contributed by atoms with Crippen molar-refractivity contribution < 1.29 is 35.9 Å². The van der Waals surface area contributed by atoms with Crippen LogP contribution in [0, 0.1) is 11.6 Å². The van der Waals surface area contributed by atoms with E-state index < -0.39 is 49.9 Å². The standard InChI is InChI=1S/C26H23ClF5N5O3Si/c1-41(2,3)40-25(26(30,31)32)12-37(19-9-5-13(28)10-15(19)25)24(38)34-18-8-7-17-21(23(33)36-35-17)22(18)39-20-11-14(29)4-6-16(20)27/h4-11H,12H2,1-3H3,(H,34,38)(H3,33,35,36). The highest BCUT2D eigenvalue weighted by Crippen LogP contribution is 2.53. The van der Waals surface area contributed by atoms with Crippen molar-refractivity contribution in [2.24, 2.45) is 0 Å². The largest absolute Gasteiger partial charge is 0.453 e. The SMILES string of the molecule is C[Si](C)(C)OC1(C(F)(F)F)CN(C(=O)Nc2ccc3[nH]nc(N)c3c2Oc2cc(F)ccc2Cl)c2ccc(F)cc21. The van der Waals surface area contributed by atoms with Crippen LogP contribution < -0.4 is 20.7 Å². The lowest BCUT2D eigenvalue weighted by Gasteiger charge is -2.38. The molecule has 0 fully saturated rings. The lowest BCUT2D eigenvalue weighted by atomic mass is 9.95. The molecular weight excluding hydrogens is 589 g/mol. The Bertz CT molecular complexity index is 1680. The predicted molar refractivity (Wildman–Crippen MR) is 147 cm³/mol. The number of ether oxygens (including phenoxy) is 1. The summed E-state index contributed by atoms with van der Waals surface area (Å²) in [6, 6.07) is 8.08. The van der Waals surface area contributed by atoms with Gasteiger partial charge in [0.05, 0.1) is 33.8 Å². The van der Waals surface area contributed by atoms with Gasteiger partial charge in [-0.05, 0) is 62.1 Å². The lowest BCUT2D eigenvalue weighted by molar-refractivity contribution is -0.251. The minimum atomic E-state index is -4.99. The molecule has 216 valence electrons. The van der Waals surface area contributed by atoms with Crippen LogP contribution in [0.2, 0.25) is 24.7 Å². The van der Waals surface area contributed by atoms with Crippen molar-refractivity contribution in [3.8, 4) is 11.5 Å². The van der Waals surface area contributed by atoms with E-state index in [9.17, 15) is 26.7 Å². The number of nitrogens with zero attached hydrogens (tertiary/aromatic N) is 2. The van der Waals surface area contributed by atoms with E-state index in [-0.39, 0.29) is 39.1 Å². The summed E-state index contributed by atoms with van der Waals surface area (Å²) in [4.78, 5) is 14.5. The molecule has 5 rings (SSSR count). The third-order valence-electron chi connectivity index (χ3n) is 6.31. The molecule has 2 amide bonds. The van der Waals surface area contributed by atoms with Crippen molar-refractivity contribution in [3.63, 3.8) is 0 Å². The fourth-order valence-corrected chi connectivity index (χ4v) is 6.20. The normalized spacial score (nSPS) is 17.1. The van der Waals surface area contributed by atoms with Crippen LogP contribution in [-0.4, -0.2) is 37.3 Å². The van der Waals surface area contributed by atoms with Gasteiger partial charge in [0.25, 0.3) is 0 Å². The molecule has 3 aromatic carbocycles. The van der Waals surface area contributed by atoms with E-state index in [1.54, 1.807) is 19.6 Å². The molecule has 0 spiro atoms. The highest BCUT2D eigenvalue weighted by Gasteiger charge is 2.64. The van der Waals surface area contributed by atoms with Gasteiger partial charge < -0.3 is 20.2 Å². The topological polar surface area (TPSA) is 106 Å². The molecule has 0 radical (unpaired) electrons. The number of carbonyl (C=O) groups excluding carboxylic acids is 1. The van der Waals surface area contributed by atoms with Crippen LogP contribution in [0.1, 0.15) is 5.56 Å². The zero-order valence-electron chi connectivity index (χ0n) is 21.8. The molecule has 1 aliphatic rings. The van der Waals surface area contributed by atoms with Crippen molar-refractivity contribution in [1.82, 2.24) is 10.2 Å². The van der Waals surface area contributed by atoms with E-state index in [4.69, 9.17) is 26.5 Å². The lowest BCUT2D eigenvalue weighted by Crippen LogP contribution is -2.54. The Balaban J connectivity index is 1.59. The first-order valence-electron chi connectivity index (χ1n) is 12.1. The number of urea groups is 1. The molecule has 15 heteroatoms. The molecule has 0 saturated heterocycles. The minimum Gasteiger partial charge on any atom is -0.453 e. The predicted octanol–water partition coefficient (Wildman–Crippen LogP) is 7.53. The molecule has 41 heavy (non-hydrogen) atoms. The van der Waals surface area contributed by atoms with Gasteiger partial charge in [-0.3, -0.25) is 10.00 Å². The number of fused-ring (bicyclic) bond motifs is 2. The van der Waals surface area contributed by atoms with E-state index in [1.165, 1.54) is 18.2 Å². The van der Waals surface area contributed by atoms with E-state index in [0.717, 1.165) is 35.2 Å². The van der Waals surface area contributed by atoms with Gasteiger partial charge in [-0.1, -0.05) is 11.6 Å². The summed E-state index contributed by atoms with van der Waals surface area (Å²) in [5, 5.41) is 9.40. The summed E-state index contributed by atoms with van der Waals surface area (Å²) in [6.45, 7) is 3.73. The van der Waals surface area contributed by atoms with Crippen LogP contribution in [0.4, 0.5) is 43.9 Å². The molecule has 1 unspecified atom stereocenters. The Hall–Kier alpha value is -3.88. The van der Waals surface area contributed by atoms with Crippen molar-refractivity contribution in [1.29, 1.82) is 0 Å². The third-order valence-corrected chi connectivity index (χ3v) is 7.58. The van der Waals surface area contributed by atoms with Gasteiger partial charge in [-0.15, -0.1) is 0 Å². The van der Waals surface area contributed by atoms with Gasteiger partial charge in [0.1, 0.15) is 17.4 Å². The van der Waals surface area contributed by atoms with Gasteiger partial charge in [-0.2, -0.15) is 18.3 Å². The maximum absolute atomic E-state index is 14.7. The van der Waals surface area contributed by atoms with E-state index >= 15 is 0 Å². The third kappa shape index (κ3) is 5.18. The first-order chi connectivity index (χ1) is 19.1. The number of rotatable bonds is 5. The van der Waals surface area contributed by atoms with Gasteiger partial charge in [0.2, 0.25) is 0 Å². The molecule has 0 saturated carbocycles. The molecule has 4 N–H and O–H groups in total. The number of aromatic nitrogens is 2. The monoisotopic (exact) mass is 611 g/mol. The Morgan fingerprint density at radius 2 is 1.80 bits per heavy atom. The quantitative estimate of drug-likeness (QED) is 0.160. The van der Waals surface area contributed by atoms with E-state index in [0.29, 0.717) is 5.52 Å². The number of aromatic amines is 1. The Morgan fingerprint density at radius 1 is 1.12 bits per heavy atom. The second-order valence-corrected chi connectivity index (χ2v) is 15.2. The number of benzene rings is 3. The summed E-state index contributed by atoms with van der Waals surface area (Å²) < 4.78 is 83.9. The number of nitrogen functional groups attached to an aromatic ring is 1. The van der Waals surface area contributed by atoms with Crippen molar-refractivity contribution in [2.45, 2.75) is 31.4 Å². The number of halogens is 6. The highest BCUT2D eigenvalue weighted by molar-refractivity contribution is 6.69. The van der Waals surface area contributed by atoms with Crippen molar-refractivity contribution in [3.05, 3.63) is 70.8 Å². The van der Waals surface area contributed by atoms with Crippen LogP contribution in [0.15, 0.2) is 48.5 Å². The van der Waals surface area contributed by atoms with Crippen molar-refractivity contribution >= 4 is 54.0 Å². The maximum atomic E-state index is 14.7. The first kappa shape index (κ1) is 28.6. The first-order valence-corrected chi connectivity index (χ1v) is 15.9. The zero-order chi connectivity index (χ0) is 29.9. The second-order valence-electron chi connectivity index (χ2n) is 10.4. The summed E-state index contributed by atoms with van der Waals surface area (Å²) in [5.74, 6) is -1.80. The fourth-order valence-electron chi connectivity index (χ4n) is 4.71.